The predicted octanol–water partition coefficient (Wildman–Crippen LogP) is 3.18. The summed E-state index contributed by atoms with van der Waals surface area (Å²) in [4.78, 5) is 14.9. The highest BCUT2D eigenvalue weighted by atomic mass is 32.2. The van der Waals surface area contributed by atoms with Gasteiger partial charge >= 0.3 is 0 Å². The zero-order valence-electron chi connectivity index (χ0n) is 19.0. The second-order valence-corrected chi connectivity index (χ2v) is 10.7. The van der Waals surface area contributed by atoms with E-state index in [0.717, 1.165) is 21.5 Å². The molecule has 11 nitrogen and oxygen atoms in total. The predicted molar refractivity (Wildman–Crippen MR) is 134 cm³/mol. The van der Waals surface area contributed by atoms with Crippen molar-refractivity contribution in [1.82, 2.24) is 18.9 Å². The lowest BCUT2D eigenvalue weighted by atomic mass is 10.1. The number of hydrogen-bond donors (Lipinski definition) is 2. The number of rotatable bonds is 11. The molecule has 0 aliphatic rings. The topological polar surface area (TPSA) is 151 Å². The standard InChI is InChI=1S/C23H23N5O6S2/c29-13-4-10-26(36(33,34)21-8-2-1-7-20(21)28(31)32)12-14-35-22-9-11-27-23(25-22)19(16-24-27)17-5-3-6-18(30)15-17/h1-3,5-9,11,15-16,29-30H,4,10,12-14H2. The molecule has 0 fully saturated rings. The minimum Gasteiger partial charge on any atom is -0.508 e. The number of aromatic hydroxyl groups is 1. The smallest absolute Gasteiger partial charge is 0.289 e. The number of thioether (sulfide) groups is 1. The van der Waals surface area contributed by atoms with E-state index < -0.39 is 20.6 Å². The summed E-state index contributed by atoms with van der Waals surface area (Å²) in [6.45, 7) is -0.139. The van der Waals surface area contributed by atoms with Gasteiger partial charge in [-0.3, -0.25) is 10.1 Å². The first-order valence-electron chi connectivity index (χ1n) is 10.9. The lowest BCUT2D eigenvalue weighted by Crippen LogP contribution is -2.34. The molecule has 0 atom stereocenters. The molecule has 0 aliphatic carbocycles. The van der Waals surface area contributed by atoms with Crippen molar-refractivity contribution in [3.8, 4) is 16.9 Å². The number of aliphatic hydroxyl groups excluding tert-OH is 1. The van der Waals surface area contributed by atoms with Gasteiger partial charge in [0.25, 0.3) is 5.69 Å². The normalized spacial score (nSPS) is 11.8. The molecular weight excluding hydrogens is 506 g/mol. The molecule has 0 radical (unpaired) electrons. The minimum absolute atomic E-state index is 0.0160. The number of sulfonamides is 1. The number of nitro groups is 1. The molecule has 2 heterocycles. The molecule has 188 valence electrons. The molecule has 4 rings (SSSR count). The first-order chi connectivity index (χ1) is 17.3. The van der Waals surface area contributed by atoms with Crippen LogP contribution in [0.25, 0.3) is 16.8 Å². The molecule has 0 saturated carbocycles. The van der Waals surface area contributed by atoms with Gasteiger partial charge in [0.1, 0.15) is 10.8 Å². The Bertz CT molecular complexity index is 1490. The molecular formula is C23H23N5O6S2. The second kappa shape index (κ2) is 11.0. The Morgan fingerprint density at radius 1 is 1.11 bits per heavy atom. The number of phenolic OH excluding ortho intramolecular Hbond substituents is 1. The average molecular weight is 530 g/mol. The number of nitro benzene ring substituents is 1. The number of hydrogen-bond acceptors (Lipinski definition) is 9. The fraction of sp³-hybridized carbons (Fsp3) is 0.217. The summed E-state index contributed by atoms with van der Waals surface area (Å²) >= 11 is 1.33. The zero-order valence-corrected chi connectivity index (χ0v) is 20.6. The molecule has 13 heteroatoms. The Balaban J connectivity index is 1.54. The highest BCUT2D eigenvalue weighted by molar-refractivity contribution is 7.99. The minimum atomic E-state index is -4.17. The molecule has 0 amide bonds. The quantitative estimate of drug-likeness (QED) is 0.129. The van der Waals surface area contributed by atoms with E-state index in [1.165, 1.54) is 30.0 Å². The fourth-order valence-electron chi connectivity index (χ4n) is 3.63. The molecule has 0 bridgehead atoms. The van der Waals surface area contributed by atoms with Gasteiger partial charge in [-0.25, -0.2) is 17.9 Å². The number of benzene rings is 2. The first-order valence-corrected chi connectivity index (χ1v) is 13.3. The lowest BCUT2D eigenvalue weighted by molar-refractivity contribution is -0.387. The third-order valence-electron chi connectivity index (χ3n) is 5.34. The van der Waals surface area contributed by atoms with E-state index in [4.69, 9.17) is 0 Å². The van der Waals surface area contributed by atoms with Crippen molar-refractivity contribution < 1.29 is 23.6 Å². The number of nitrogens with zero attached hydrogens (tertiary/aromatic N) is 5. The van der Waals surface area contributed by atoms with Crippen molar-refractivity contribution in [2.75, 3.05) is 25.4 Å². The molecule has 0 spiro atoms. The van der Waals surface area contributed by atoms with Gasteiger partial charge in [0.2, 0.25) is 10.0 Å². The Labute approximate surface area is 211 Å². The molecule has 2 aromatic heterocycles. The van der Waals surface area contributed by atoms with Gasteiger partial charge in [0.05, 0.1) is 11.1 Å². The van der Waals surface area contributed by atoms with Gasteiger partial charge < -0.3 is 10.2 Å². The summed E-state index contributed by atoms with van der Waals surface area (Å²) in [6, 6.07) is 13.7. The number of fused-ring (bicyclic) bond motifs is 1. The Kier molecular flexibility index (Phi) is 7.84. The van der Waals surface area contributed by atoms with Crippen LogP contribution in [-0.2, 0) is 10.0 Å². The van der Waals surface area contributed by atoms with Crippen LogP contribution in [0.15, 0.2) is 76.9 Å². The highest BCUT2D eigenvalue weighted by Crippen LogP contribution is 2.29. The Morgan fingerprint density at radius 3 is 2.67 bits per heavy atom. The van der Waals surface area contributed by atoms with Crippen LogP contribution in [0.4, 0.5) is 5.69 Å². The van der Waals surface area contributed by atoms with Crippen molar-refractivity contribution in [2.24, 2.45) is 0 Å². The SMILES string of the molecule is O=[N+]([O-])c1ccccc1S(=O)(=O)N(CCCO)CCSc1ccn2ncc(-c3cccc(O)c3)c2n1. The molecule has 0 saturated heterocycles. The molecule has 2 aromatic carbocycles. The number of phenols is 1. The van der Waals surface area contributed by atoms with Gasteiger partial charge in [-0.05, 0) is 36.2 Å². The van der Waals surface area contributed by atoms with Crippen LogP contribution in [-0.4, -0.2) is 67.9 Å². The molecule has 2 N–H and O–H groups in total. The first kappa shape index (κ1) is 25.6. The van der Waals surface area contributed by atoms with E-state index in [0.29, 0.717) is 16.4 Å². The van der Waals surface area contributed by atoms with Gasteiger partial charge in [-0.15, -0.1) is 11.8 Å². The number of aliphatic hydroxyl groups is 1. The average Bonchev–Trinajstić information content (AvgIpc) is 3.29. The highest BCUT2D eigenvalue weighted by Gasteiger charge is 2.31. The maximum absolute atomic E-state index is 13.3. The molecule has 36 heavy (non-hydrogen) atoms. The van der Waals surface area contributed by atoms with Crippen LogP contribution >= 0.6 is 11.8 Å². The second-order valence-electron chi connectivity index (χ2n) is 7.70. The molecule has 4 aromatic rings. The summed E-state index contributed by atoms with van der Waals surface area (Å²) in [5, 5.41) is 35.4. The van der Waals surface area contributed by atoms with Crippen LogP contribution in [0.2, 0.25) is 0 Å². The monoisotopic (exact) mass is 529 g/mol. The Hall–Kier alpha value is -3.52. The van der Waals surface area contributed by atoms with Crippen molar-refractivity contribution in [1.29, 1.82) is 0 Å². The van der Waals surface area contributed by atoms with E-state index in [-0.39, 0.29) is 36.8 Å². The lowest BCUT2D eigenvalue weighted by Gasteiger charge is -2.21. The van der Waals surface area contributed by atoms with Crippen molar-refractivity contribution in [3.63, 3.8) is 0 Å². The maximum atomic E-state index is 13.3. The van der Waals surface area contributed by atoms with Crippen molar-refractivity contribution in [2.45, 2.75) is 16.3 Å². The van der Waals surface area contributed by atoms with Crippen LogP contribution in [0.1, 0.15) is 6.42 Å². The van der Waals surface area contributed by atoms with Crippen molar-refractivity contribution >= 4 is 33.1 Å². The van der Waals surface area contributed by atoms with Crippen LogP contribution in [0, 0.1) is 10.1 Å². The van der Waals surface area contributed by atoms with Gasteiger partial charge in [-0.1, -0.05) is 24.3 Å². The molecule has 0 unspecified atom stereocenters. The summed E-state index contributed by atoms with van der Waals surface area (Å²) in [6.07, 6.45) is 3.59. The summed E-state index contributed by atoms with van der Waals surface area (Å²) < 4.78 is 29.3. The summed E-state index contributed by atoms with van der Waals surface area (Å²) in [7, 11) is -4.17. The van der Waals surface area contributed by atoms with Crippen LogP contribution < -0.4 is 0 Å². The van der Waals surface area contributed by atoms with Crippen LogP contribution in [0.3, 0.4) is 0 Å². The van der Waals surface area contributed by atoms with E-state index in [9.17, 15) is 28.7 Å². The third kappa shape index (κ3) is 5.49. The fourth-order valence-corrected chi connectivity index (χ4v) is 6.21. The zero-order chi connectivity index (χ0) is 25.7. The summed E-state index contributed by atoms with van der Waals surface area (Å²) in [5.41, 5.74) is 1.57. The Morgan fingerprint density at radius 2 is 1.92 bits per heavy atom. The third-order valence-corrected chi connectivity index (χ3v) is 8.19. The van der Waals surface area contributed by atoms with Crippen LogP contribution in [0.5, 0.6) is 5.75 Å². The van der Waals surface area contributed by atoms with Gasteiger partial charge in [-0.2, -0.15) is 9.40 Å². The van der Waals surface area contributed by atoms with Gasteiger partial charge in [0.15, 0.2) is 10.5 Å². The van der Waals surface area contributed by atoms with Gasteiger partial charge in [0, 0.05) is 43.3 Å². The largest absolute Gasteiger partial charge is 0.508 e. The molecule has 0 aliphatic heterocycles. The van der Waals surface area contributed by atoms with E-state index in [2.05, 4.69) is 10.1 Å². The number of para-hydroxylation sites is 1. The maximum Gasteiger partial charge on any atom is 0.289 e. The summed E-state index contributed by atoms with van der Waals surface area (Å²) in [5.74, 6) is 0.449. The van der Waals surface area contributed by atoms with E-state index in [1.807, 2.05) is 6.07 Å². The van der Waals surface area contributed by atoms with E-state index in [1.54, 1.807) is 41.2 Å². The van der Waals surface area contributed by atoms with Crippen molar-refractivity contribution in [3.05, 3.63) is 77.1 Å². The van der Waals surface area contributed by atoms with E-state index >= 15 is 0 Å². The number of aromatic nitrogens is 3.